The number of aromatic nitrogens is 3. The van der Waals surface area contributed by atoms with Crippen LogP contribution < -0.4 is 10.2 Å². The third kappa shape index (κ3) is 3.63. The summed E-state index contributed by atoms with van der Waals surface area (Å²) in [5, 5.41) is 7.79. The molecule has 0 amide bonds. The van der Waals surface area contributed by atoms with Crippen molar-refractivity contribution in [1.29, 1.82) is 0 Å². The van der Waals surface area contributed by atoms with Crippen molar-refractivity contribution < 1.29 is 0 Å². The highest BCUT2D eigenvalue weighted by Crippen LogP contribution is 2.16. The molecule has 3 aromatic rings. The molecule has 5 heteroatoms. The Morgan fingerprint density at radius 1 is 1.04 bits per heavy atom. The van der Waals surface area contributed by atoms with E-state index in [0.717, 1.165) is 24.6 Å². The van der Waals surface area contributed by atoms with Gasteiger partial charge in [-0.2, -0.15) is 5.10 Å². The van der Waals surface area contributed by atoms with E-state index in [-0.39, 0.29) is 0 Å². The molecule has 0 unspecified atom stereocenters. The van der Waals surface area contributed by atoms with Gasteiger partial charge in [-0.25, -0.2) is 9.67 Å². The maximum absolute atomic E-state index is 4.44. The molecule has 1 N–H and O–H groups in total. The molecule has 2 heterocycles. The molecule has 0 atom stereocenters. The van der Waals surface area contributed by atoms with E-state index in [1.165, 1.54) is 16.7 Å². The highest BCUT2D eigenvalue weighted by atomic mass is 15.3. The van der Waals surface area contributed by atoms with Gasteiger partial charge >= 0.3 is 0 Å². The summed E-state index contributed by atoms with van der Waals surface area (Å²) in [5.74, 6) is 1.01. The van der Waals surface area contributed by atoms with E-state index in [1.54, 1.807) is 6.20 Å². The van der Waals surface area contributed by atoms with Gasteiger partial charge in [0.05, 0.1) is 5.69 Å². The minimum atomic E-state index is 0.793. The number of hydrogen-bond donors (Lipinski definition) is 1. The predicted octanol–water partition coefficient (Wildman–Crippen LogP) is 2.93. The van der Waals surface area contributed by atoms with Crippen molar-refractivity contribution in [2.45, 2.75) is 20.0 Å². The second kappa shape index (κ2) is 7.27. The molecule has 124 valence electrons. The molecule has 0 aliphatic heterocycles. The second-order valence-electron chi connectivity index (χ2n) is 6.05. The Labute approximate surface area is 143 Å². The zero-order chi connectivity index (χ0) is 16.9. The van der Waals surface area contributed by atoms with Crippen molar-refractivity contribution in [2.75, 3.05) is 19.0 Å². The monoisotopic (exact) mass is 321 g/mol. The first kappa shape index (κ1) is 16.2. The number of pyridine rings is 1. The van der Waals surface area contributed by atoms with Gasteiger partial charge in [0.15, 0.2) is 0 Å². The van der Waals surface area contributed by atoms with Crippen LogP contribution in [0.3, 0.4) is 0 Å². The molecule has 0 aliphatic carbocycles. The summed E-state index contributed by atoms with van der Waals surface area (Å²) in [6, 6.07) is 12.5. The van der Waals surface area contributed by atoms with Gasteiger partial charge in [-0.05, 0) is 42.3 Å². The lowest BCUT2D eigenvalue weighted by Gasteiger charge is -2.16. The van der Waals surface area contributed by atoms with Gasteiger partial charge in [0.1, 0.15) is 5.82 Å². The normalized spacial score (nSPS) is 10.8. The van der Waals surface area contributed by atoms with Gasteiger partial charge in [0, 0.05) is 51.3 Å². The number of rotatable bonds is 6. The van der Waals surface area contributed by atoms with Gasteiger partial charge in [-0.3, -0.25) is 0 Å². The fourth-order valence-electron chi connectivity index (χ4n) is 2.75. The maximum atomic E-state index is 4.44. The van der Waals surface area contributed by atoms with E-state index in [0.29, 0.717) is 0 Å². The van der Waals surface area contributed by atoms with E-state index >= 15 is 0 Å². The van der Waals surface area contributed by atoms with Crippen molar-refractivity contribution in [3.05, 3.63) is 71.7 Å². The Kier molecular flexibility index (Phi) is 4.91. The fourth-order valence-corrected chi connectivity index (χ4v) is 2.75. The lowest BCUT2D eigenvalue weighted by molar-refractivity contribution is 0.687. The maximum Gasteiger partial charge on any atom is 0.132 e. The minimum absolute atomic E-state index is 0.793. The van der Waals surface area contributed by atoms with Gasteiger partial charge in [-0.1, -0.05) is 12.1 Å². The first-order valence-electron chi connectivity index (χ1n) is 8.06. The summed E-state index contributed by atoms with van der Waals surface area (Å²) in [6.45, 7) is 3.76. The Morgan fingerprint density at radius 3 is 2.58 bits per heavy atom. The van der Waals surface area contributed by atoms with Crippen molar-refractivity contribution >= 4 is 5.82 Å². The second-order valence-corrected chi connectivity index (χ2v) is 6.05. The lowest BCUT2D eigenvalue weighted by Crippen LogP contribution is -2.18. The predicted molar refractivity (Wildman–Crippen MR) is 97.4 cm³/mol. The van der Waals surface area contributed by atoms with E-state index in [9.17, 15) is 0 Å². The zero-order valence-electron chi connectivity index (χ0n) is 14.4. The Hall–Kier alpha value is -2.66. The van der Waals surface area contributed by atoms with Crippen molar-refractivity contribution in [3.63, 3.8) is 0 Å². The SMILES string of the molecule is Cc1cc(-n2cccn2)ccc1CNCc1cccnc1N(C)C. The zero-order valence-corrected chi connectivity index (χ0v) is 14.4. The summed E-state index contributed by atoms with van der Waals surface area (Å²) >= 11 is 0. The van der Waals surface area contributed by atoms with E-state index in [1.807, 2.05) is 48.2 Å². The largest absolute Gasteiger partial charge is 0.362 e. The third-order valence-electron chi connectivity index (χ3n) is 4.02. The summed E-state index contributed by atoms with van der Waals surface area (Å²) < 4.78 is 1.88. The lowest BCUT2D eigenvalue weighted by atomic mass is 10.1. The van der Waals surface area contributed by atoms with Crippen LogP contribution in [0.4, 0.5) is 5.82 Å². The van der Waals surface area contributed by atoms with Gasteiger partial charge < -0.3 is 10.2 Å². The summed E-state index contributed by atoms with van der Waals surface area (Å²) in [6.07, 6.45) is 5.58. The minimum Gasteiger partial charge on any atom is -0.362 e. The highest BCUT2D eigenvalue weighted by Gasteiger charge is 2.06. The molecule has 0 fully saturated rings. The Balaban J connectivity index is 1.65. The molecule has 0 aliphatic rings. The molecule has 0 bridgehead atoms. The topological polar surface area (TPSA) is 46.0 Å². The van der Waals surface area contributed by atoms with Crippen molar-refractivity contribution in [2.24, 2.45) is 0 Å². The van der Waals surface area contributed by atoms with E-state index in [4.69, 9.17) is 0 Å². The van der Waals surface area contributed by atoms with Crippen LogP contribution in [0.2, 0.25) is 0 Å². The molecule has 0 saturated heterocycles. The van der Waals surface area contributed by atoms with E-state index in [2.05, 4.69) is 46.6 Å². The number of nitrogens with zero attached hydrogens (tertiary/aromatic N) is 4. The summed E-state index contributed by atoms with van der Waals surface area (Å²) in [7, 11) is 4.04. The Morgan fingerprint density at radius 2 is 1.88 bits per heavy atom. The molecular weight excluding hydrogens is 298 g/mol. The molecule has 1 aromatic carbocycles. The first-order chi connectivity index (χ1) is 11.6. The number of aryl methyl sites for hydroxylation is 1. The van der Waals surface area contributed by atoms with Gasteiger partial charge in [0.25, 0.3) is 0 Å². The molecule has 24 heavy (non-hydrogen) atoms. The molecule has 0 radical (unpaired) electrons. The van der Waals surface area contributed by atoms with Crippen LogP contribution in [0.25, 0.3) is 5.69 Å². The Bertz CT molecular complexity index is 793. The average molecular weight is 321 g/mol. The van der Waals surface area contributed by atoms with Crippen molar-refractivity contribution in [3.8, 4) is 5.69 Å². The average Bonchev–Trinajstić information content (AvgIpc) is 3.11. The summed E-state index contributed by atoms with van der Waals surface area (Å²) in [4.78, 5) is 6.48. The quantitative estimate of drug-likeness (QED) is 0.758. The molecule has 2 aromatic heterocycles. The molecule has 0 saturated carbocycles. The summed E-state index contributed by atoms with van der Waals surface area (Å²) in [5.41, 5.74) is 4.84. The smallest absolute Gasteiger partial charge is 0.132 e. The number of anilines is 1. The molecular formula is C19H23N5. The number of hydrogen-bond acceptors (Lipinski definition) is 4. The van der Waals surface area contributed by atoms with Gasteiger partial charge in [0.2, 0.25) is 0 Å². The van der Waals surface area contributed by atoms with Crippen LogP contribution in [-0.4, -0.2) is 28.9 Å². The standard InChI is InChI=1S/C19H23N5/c1-15-12-18(24-11-5-10-22-24)8-7-16(15)13-20-14-17-6-4-9-21-19(17)23(2)3/h4-12,20H,13-14H2,1-3H3. The number of nitrogens with one attached hydrogen (secondary N) is 1. The third-order valence-corrected chi connectivity index (χ3v) is 4.02. The van der Waals surface area contributed by atoms with Crippen molar-refractivity contribution in [1.82, 2.24) is 20.1 Å². The molecule has 3 rings (SSSR count). The fraction of sp³-hybridized carbons (Fsp3) is 0.263. The highest BCUT2D eigenvalue weighted by molar-refractivity contribution is 5.45. The molecule has 5 nitrogen and oxygen atoms in total. The van der Waals surface area contributed by atoms with Crippen LogP contribution in [-0.2, 0) is 13.1 Å². The van der Waals surface area contributed by atoms with Crippen LogP contribution in [0, 0.1) is 6.92 Å². The van der Waals surface area contributed by atoms with Crippen LogP contribution in [0.5, 0.6) is 0 Å². The first-order valence-corrected chi connectivity index (χ1v) is 8.06. The van der Waals surface area contributed by atoms with Crippen LogP contribution in [0.1, 0.15) is 16.7 Å². The van der Waals surface area contributed by atoms with Crippen LogP contribution >= 0.6 is 0 Å². The van der Waals surface area contributed by atoms with E-state index < -0.39 is 0 Å². The van der Waals surface area contributed by atoms with Crippen LogP contribution in [0.15, 0.2) is 55.0 Å². The number of benzene rings is 1. The van der Waals surface area contributed by atoms with Gasteiger partial charge in [-0.15, -0.1) is 0 Å². The molecule has 0 spiro atoms.